The third kappa shape index (κ3) is 4.07. The predicted octanol–water partition coefficient (Wildman–Crippen LogP) is 1.82. The van der Waals surface area contributed by atoms with Crippen LogP contribution < -0.4 is 0 Å². The fraction of sp³-hybridized carbons (Fsp3) is 1.00. The molecule has 1 saturated carbocycles. The molecule has 0 aromatic carbocycles. The Morgan fingerprint density at radius 2 is 2.25 bits per heavy atom. The smallest absolute Gasteiger partial charge is 0.0516 e. The fourth-order valence-electron chi connectivity index (χ4n) is 1.32. The summed E-state index contributed by atoms with van der Waals surface area (Å²) < 4.78 is 5.50. The Kier molecular flexibility index (Phi) is 4.62. The maximum atomic E-state index is 8.96. The largest absolute Gasteiger partial charge is 0.396 e. The highest BCUT2D eigenvalue weighted by Crippen LogP contribution is 2.28. The summed E-state index contributed by atoms with van der Waals surface area (Å²) in [6, 6.07) is 0. The summed E-state index contributed by atoms with van der Waals surface area (Å²) in [7, 11) is 0. The van der Waals surface area contributed by atoms with Crippen LogP contribution in [0.3, 0.4) is 0 Å². The molecule has 1 aliphatic rings. The molecule has 0 aromatic heterocycles. The lowest BCUT2D eigenvalue weighted by atomic mass is 10.1. The van der Waals surface area contributed by atoms with E-state index in [0.29, 0.717) is 5.92 Å². The van der Waals surface area contributed by atoms with Crippen LogP contribution in [0.5, 0.6) is 0 Å². The van der Waals surface area contributed by atoms with Gasteiger partial charge in [0.25, 0.3) is 0 Å². The Balaban J connectivity index is 1.93. The Morgan fingerprint density at radius 3 is 2.75 bits per heavy atom. The van der Waals surface area contributed by atoms with Crippen LogP contribution in [0.25, 0.3) is 0 Å². The molecule has 0 aromatic rings. The molecule has 0 heterocycles. The van der Waals surface area contributed by atoms with E-state index in [1.165, 1.54) is 12.8 Å². The second-order valence-electron chi connectivity index (χ2n) is 3.82. The minimum atomic E-state index is 0.276. The molecule has 1 fully saturated rings. The van der Waals surface area contributed by atoms with Gasteiger partial charge in [0.15, 0.2) is 0 Å². The Labute approximate surface area is 74.9 Å². The van der Waals surface area contributed by atoms with E-state index < -0.39 is 0 Å². The van der Waals surface area contributed by atoms with Gasteiger partial charge in [0.1, 0.15) is 0 Å². The summed E-state index contributed by atoms with van der Waals surface area (Å²) in [5, 5.41) is 8.96. The van der Waals surface area contributed by atoms with E-state index in [1.807, 2.05) is 0 Å². The summed E-state index contributed by atoms with van der Waals surface area (Å²) in [4.78, 5) is 0. The van der Waals surface area contributed by atoms with Gasteiger partial charge in [-0.1, -0.05) is 13.3 Å². The van der Waals surface area contributed by atoms with Gasteiger partial charge in [0, 0.05) is 19.1 Å². The molecule has 1 unspecified atom stereocenters. The Hall–Kier alpha value is -0.0800. The van der Waals surface area contributed by atoms with Crippen LogP contribution in [0.2, 0.25) is 0 Å². The Bertz CT molecular complexity index is 110. The number of rotatable bonds is 7. The van der Waals surface area contributed by atoms with Crippen molar-refractivity contribution < 1.29 is 9.84 Å². The van der Waals surface area contributed by atoms with Crippen molar-refractivity contribution in [2.75, 3.05) is 19.8 Å². The number of hydrogen-bond donors (Lipinski definition) is 1. The van der Waals surface area contributed by atoms with Crippen molar-refractivity contribution in [2.24, 2.45) is 11.8 Å². The van der Waals surface area contributed by atoms with Gasteiger partial charge in [-0.05, 0) is 25.2 Å². The van der Waals surface area contributed by atoms with Crippen molar-refractivity contribution in [3.63, 3.8) is 0 Å². The average Bonchev–Trinajstić information content (AvgIpc) is 2.87. The fourth-order valence-corrected chi connectivity index (χ4v) is 1.32. The van der Waals surface area contributed by atoms with Gasteiger partial charge < -0.3 is 9.84 Å². The number of aliphatic hydroxyl groups is 1. The molecule has 12 heavy (non-hydrogen) atoms. The van der Waals surface area contributed by atoms with Crippen LogP contribution in [0.15, 0.2) is 0 Å². The van der Waals surface area contributed by atoms with Gasteiger partial charge >= 0.3 is 0 Å². The highest BCUT2D eigenvalue weighted by molar-refractivity contribution is 4.72. The molecule has 0 aliphatic heterocycles. The van der Waals surface area contributed by atoms with Gasteiger partial charge in [-0.15, -0.1) is 0 Å². The summed E-state index contributed by atoms with van der Waals surface area (Å²) in [5.74, 6) is 1.21. The van der Waals surface area contributed by atoms with E-state index in [2.05, 4.69) is 6.92 Å². The van der Waals surface area contributed by atoms with Gasteiger partial charge in [-0.2, -0.15) is 0 Å². The van der Waals surface area contributed by atoms with Gasteiger partial charge in [-0.3, -0.25) is 0 Å². The summed E-state index contributed by atoms with van der Waals surface area (Å²) in [6.45, 7) is 4.09. The molecule has 0 spiro atoms. The zero-order valence-electron chi connectivity index (χ0n) is 7.96. The third-order valence-electron chi connectivity index (χ3n) is 2.36. The second kappa shape index (κ2) is 5.55. The number of hydrogen-bond acceptors (Lipinski definition) is 2. The molecule has 1 N–H and O–H groups in total. The van der Waals surface area contributed by atoms with Crippen molar-refractivity contribution in [1.29, 1.82) is 0 Å². The summed E-state index contributed by atoms with van der Waals surface area (Å²) >= 11 is 0. The number of aliphatic hydroxyl groups excluding tert-OH is 1. The molecular formula is C10H20O2. The van der Waals surface area contributed by atoms with E-state index in [1.54, 1.807) is 0 Å². The SMILES string of the molecule is CCCC(CO)COCC1CC1. The summed E-state index contributed by atoms with van der Waals surface area (Å²) in [6.07, 6.45) is 4.91. The maximum absolute atomic E-state index is 8.96. The maximum Gasteiger partial charge on any atom is 0.0516 e. The molecule has 1 atom stereocenters. The first-order valence-corrected chi connectivity index (χ1v) is 5.05. The zero-order chi connectivity index (χ0) is 8.81. The van der Waals surface area contributed by atoms with Gasteiger partial charge in [0.05, 0.1) is 6.61 Å². The quantitative estimate of drug-likeness (QED) is 0.634. The lowest BCUT2D eigenvalue weighted by molar-refractivity contribution is 0.0632. The van der Waals surface area contributed by atoms with E-state index in [-0.39, 0.29) is 6.61 Å². The molecule has 2 nitrogen and oxygen atoms in total. The highest BCUT2D eigenvalue weighted by Gasteiger charge is 2.21. The molecule has 0 amide bonds. The normalized spacial score (nSPS) is 19.5. The Morgan fingerprint density at radius 1 is 1.50 bits per heavy atom. The van der Waals surface area contributed by atoms with E-state index >= 15 is 0 Å². The topological polar surface area (TPSA) is 29.5 Å². The molecule has 0 saturated heterocycles. The van der Waals surface area contributed by atoms with E-state index in [9.17, 15) is 0 Å². The van der Waals surface area contributed by atoms with Crippen LogP contribution in [-0.4, -0.2) is 24.9 Å². The van der Waals surface area contributed by atoms with Crippen LogP contribution in [0.4, 0.5) is 0 Å². The molecular weight excluding hydrogens is 152 g/mol. The summed E-state index contributed by atoms with van der Waals surface area (Å²) in [5.41, 5.74) is 0. The first kappa shape index (κ1) is 10.0. The lowest BCUT2D eigenvalue weighted by Gasteiger charge is -2.12. The van der Waals surface area contributed by atoms with Crippen LogP contribution in [0, 0.1) is 11.8 Å². The van der Waals surface area contributed by atoms with Gasteiger partial charge in [0.2, 0.25) is 0 Å². The molecule has 2 heteroatoms. The van der Waals surface area contributed by atoms with Crippen molar-refractivity contribution in [1.82, 2.24) is 0 Å². The minimum Gasteiger partial charge on any atom is -0.396 e. The van der Waals surface area contributed by atoms with Crippen LogP contribution in [0.1, 0.15) is 32.6 Å². The van der Waals surface area contributed by atoms with E-state index in [0.717, 1.165) is 32.0 Å². The molecule has 0 bridgehead atoms. The first-order chi connectivity index (χ1) is 5.86. The van der Waals surface area contributed by atoms with Crippen LogP contribution >= 0.6 is 0 Å². The number of ether oxygens (including phenoxy) is 1. The monoisotopic (exact) mass is 172 g/mol. The van der Waals surface area contributed by atoms with Crippen molar-refractivity contribution in [3.05, 3.63) is 0 Å². The average molecular weight is 172 g/mol. The molecule has 0 radical (unpaired) electrons. The minimum absolute atomic E-state index is 0.276. The first-order valence-electron chi connectivity index (χ1n) is 5.05. The standard InChI is InChI=1S/C10H20O2/c1-2-3-10(6-11)8-12-7-9-4-5-9/h9-11H,2-8H2,1H3. The zero-order valence-corrected chi connectivity index (χ0v) is 7.96. The third-order valence-corrected chi connectivity index (χ3v) is 2.36. The molecule has 1 rings (SSSR count). The second-order valence-corrected chi connectivity index (χ2v) is 3.82. The van der Waals surface area contributed by atoms with Crippen molar-refractivity contribution in [3.8, 4) is 0 Å². The molecule has 1 aliphatic carbocycles. The lowest BCUT2D eigenvalue weighted by Crippen LogP contribution is -2.14. The van der Waals surface area contributed by atoms with Crippen LogP contribution in [-0.2, 0) is 4.74 Å². The predicted molar refractivity (Wildman–Crippen MR) is 49.0 cm³/mol. The molecule has 72 valence electrons. The highest BCUT2D eigenvalue weighted by atomic mass is 16.5. The van der Waals surface area contributed by atoms with Gasteiger partial charge in [-0.25, -0.2) is 0 Å². The van der Waals surface area contributed by atoms with E-state index in [4.69, 9.17) is 9.84 Å². The van der Waals surface area contributed by atoms with Crippen molar-refractivity contribution in [2.45, 2.75) is 32.6 Å². The van der Waals surface area contributed by atoms with Crippen molar-refractivity contribution >= 4 is 0 Å².